The molecule has 0 fully saturated rings. The molecule has 0 unspecified atom stereocenters. The molecule has 14 nitrogen and oxygen atoms in total. The SMILES string of the molecule is O=C1C(=O)c2ccccc2/C1=C/c1cc2c(s1)-c1sc3c4c(sc3c1C(C(=O)OCc1ccccc1)(C(=O)OCc1ccccc1)O2)-c1sc(/C=C2\C(=O)C(=O)c3ccccc32)cc1OC4(C(=O)OCc1ccccc1)C(=O)OCc1ccccc1. The van der Waals surface area contributed by atoms with E-state index in [1.54, 1.807) is 194 Å². The third-order valence-corrected chi connectivity index (χ3v) is 20.0. The Bertz CT molecular complexity index is 4180. The number of benzene rings is 6. The molecule has 6 aromatic carbocycles. The van der Waals surface area contributed by atoms with Gasteiger partial charge in [-0.1, -0.05) is 170 Å². The maximum Gasteiger partial charge on any atom is 0.367 e. The monoisotopic (exact) mass is 1210 g/mol. The van der Waals surface area contributed by atoms with Gasteiger partial charge in [0, 0.05) is 32.0 Å². The van der Waals surface area contributed by atoms with E-state index in [4.69, 9.17) is 28.4 Å². The van der Waals surface area contributed by atoms with Crippen LogP contribution in [0.3, 0.4) is 0 Å². The van der Waals surface area contributed by atoms with Crippen LogP contribution in [0.5, 0.6) is 11.5 Å². The van der Waals surface area contributed by atoms with Gasteiger partial charge >= 0.3 is 35.1 Å². The van der Waals surface area contributed by atoms with Crippen molar-refractivity contribution in [3.63, 3.8) is 0 Å². The van der Waals surface area contributed by atoms with Gasteiger partial charge in [-0.2, -0.15) is 0 Å². The largest absolute Gasteiger partial charge is 0.458 e. The van der Waals surface area contributed by atoms with Crippen LogP contribution in [0.25, 0.3) is 52.2 Å². The molecule has 0 saturated carbocycles. The Kier molecular flexibility index (Phi) is 13.5. The molecule has 0 saturated heterocycles. The van der Waals surface area contributed by atoms with Gasteiger partial charge in [-0.05, 0) is 57.7 Å². The molecule has 2 aliphatic heterocycles. The molecule has 420 valence electrons. The number of rotatable bonds is 14. The molecule has 0 N–H and O–H groups in total. The predicted molar refractivity (Wildman–Crippen MR) is 323 cm³/mol. The number of carbonyl (C=O) groups is 8. The highest BCUT2D eigenvalue weighted by atomic mass is 32.1. The maximum absolute atomic E-state index is 15.7. The van der Waals surface area contributed by atoms with Crippen LogP contribution in [0.15, 0.2) is 182 Å². The third kappa shape index (κ3) is 8.95. The summed E-state index contributed by atoms with van der Waals surface area (Å²) in [6.07, 6.45) is 3.12. The lowest BCUT2D eigenvalue weighted by atomic mass is 9.88. The standard InChI is InChI=1S/C68H40O14S4/c69-53-45-27-15-13-25-43(45)47(55(53)71)29-41-31-49-57(83-41)59-51(67(81-49,63(73)77-33-37-17-5-1-6-18-37)64(74)78-34-38-19-7-2-8-20-38)61-62(85-59)52-60(86-61)58-50(32-42(84-58)30-48-44-26-14-16-28-46(44)54(70)56(48)72)82-68(52,65(75)79-35-39-21-9-3-10-22-39)66(76)80-36-40-23-11-4-12-24-40/h1-32H,33-36H2/b47-29-,48-30-. The van der Waals surface area contributed by atoms with Crippen molar-refractivity contribution in [2.24, 2.45) is 0 Å². The smallest absolute Gasteiger partial charge is 0.367 e. The zero-order chi connectivity index (χ0) is 58.8. The first-order valence-corrected chi connectivity index (χ1v) is 30.1. The van der Waals surface area contributed by atoms with E-state index in [0.717, 1.165) is 45.3 Å². The van der Waals surface area contributed by atoms with E-state index in [1.807, 2.05) is 0 Å². The van der Waals surface area contributed by atoms with Crippen LogP contribution in [0.1, 0.15) is 75.0 Å². The van der Waals surface area contributed by atoms with Crippen molar-refractivity contribution in [3.8, 4) is 31.0 Å². The Balaban J connectivity index is 1.02. The Morgan fingerprint density at radius 2 is 0.651 bits per heavy atom. The molecular weight excluding hydrogens is 1170 g/mol. The van der Waals surface area contributed by atoms with Crippen molar-refractivity contribution in [2.45, 2.75) is 37.6 Å². The van der Waals surface area contributed by atoms with Crippen LogP contribution in [0.2, 0.25) is 0 Å². The molecule has 4 aliphatic rings. The van der Waals surface area contributed by atoms with Gasteiger partial charge in [0.1, 0.15) is 37.9 Å². The second-order valence-corrected chi connectivity index (χ2v) is 24.5. The van der Waals surface area contributed by atoms with Gasteiger partial charge in [0.05, 0.1) is 40.0 Å². The van der Waals surface area contributed by atoms with Crippen LogP contribution in [0, 0.1) is 0 Å². The highest BCUT2D eigenvalue weighted by molar-refractivity contribution is 7.34. The molecular formula is C68H40O14S4. The number of Topliss-reactive ketones (excluding diaryl/α,β-unsaturated/α-hetero) is 4. The summed E-state index contributed by atoms with van der Waals surface area (Å²) in [5.74, 6) is -7.41. The second-order valence-electron chi connectivity index (χ2n) is 20.3. The number of hydrogen-bond acceptors (Lipinski definition) is 18. The van der Waals surface area contributed by atoms with E-state index in [9.17, 15) is 19.2 Å². The van der Waals surface area contributed by atoms with Crippen molar-refractivity contribution in [1.82, 2.24) is 0 Å². The lowest BCUT2D eigenvalue weighted by Gasteiger charge is -2.33. The zero-order valence-corrected chi connectivity index (χ0v) is 47.9. The van der Waals surface area contributed by atoms with Crippen molar-refractivity contribution in [1.29, 1.82) is 0 Å². The summed E-state index contributed by atoms with van der Waals surface area (Å²) in [5.41, 5.74) is -1.69. The predicted octanol–water partition coefficient (Wildman–Crippen LogP) is 13.2. The highest BCUT2D eigenvalue weighted by Crippen LogP contribution is 2.64. The third-order valence-electron chi connectivity index (χ3n) is 15.0. The molecule has 14 rings (SSSR count). The van der Waals surface area contributed by atoms with Crippen LogP contribution in [-0.4, -0.2) is 47.0 Å². The number of carbonyl (C=O) groups excluding carboxylic acids is 8. The lowest BCUT2D eigenvalue weighted by Crippen LogP contribution is -2.52. The minimum Gasteiger partial charge on any atom is -0.458 e. The number of fused-ring (bicyclic) bond motifs is 11. The fourth-order valence-electron chi connectivity index (χ4n) is 10.9. The Hall–Kier alpha value is -9.98. The van der Waals surface area contributed by atoms with Crippen LogP contribution < -0.4 is 9.47 Å². The molecule has 0 amide bonds. The van der Waals surface area contributed by atoms with Crippen molar-refractivity contribution >= 4 is 125 Å². The average molecular weight is 1210 g/mol. The number of thiophene rings is 4. The molecule has 18 heteroatoms. The molecule has 0 atom stereocenters. The fourth-order valence-corrected chi connectivity index (χ4v) is 16.3. The van der Waals surface area contributed by atoms with Gasteiger partial charge in [-0.15, -0.1) is 45.3 Å². The highest BCUT2D eigenvalue weighted by Gasteiger charge is 2.64. The van der Waals surface area contributed by atoms with Crippen molar-refractivity contribution < 1.29 is 66.8 Å². The molecule has 86 heavy (non-hydrogen) atoms. The number of allylic oxidation sites excluding steroid dienone is 2. The van der Waals surface area contributed by atoms with Gasteiger partial charge in [0.25, 0.3) is 0 Å². The summed E-state index contributed by atoms with van der Waals surface area (Å²) >= 11 is 4.37. The maximum atomic E-state index is 15.7. The summed E-state index contributed by atoms with van der Waals surface area (Å²) in [4.78, 5) is 119. The first kappa shape index (κ1) is 54.0. The van der Waals surface area contributed by atoms with Gasteiger partial charge in [0.15, 0.2) is 0 Å². The summed E-state index contributed by atoms with van der Waals surface area (Å²) in [6.45, 7) is -1.24. The molecule has 6 heterocycles. The van der Waals surface area contributed by atoms with Crippen molar-refractivity contribution in [2.75, 3.05) is 0 Å². The number of esters is 4. The fraction of sp³-hybridized carbons (Fsp3) is 0.0882. The molecule has 4 aromatic heterocycles. The summed E-state index contributed by atoms with van der Waals surface area (Å²) in [7, 11) is 0. The number of hydrogen-bond donors (Lipinski definition) is 0. The van der Waals surface area contributed by atoms with E-state index in [1.165, 1.54) is 0 Å². The van der Waals surface area contributed by atoms with E-state index >= 15 is 19.2 Å². The number of ketones is 4. The van der Waals surface area contributed by atoms with Crippen molar-refractivity contribution in [3.05, 3.63) is 247 Å². The Morgan fingerprint density at radius 3 is 0.965 bits per heavy atom. The first-order chi connectivity index (χ1) is 41.9. The van der Waals surface area contributed by atoms with Gasteiger partial charge in [0.2, 0.25) is 23.1 Å². The number of ether oxygens (including phenoxy) is 6. The summed E-state index contributed by atoms with van der Waals surface area (Å²) < 4.78 is 38.9. The summed E-state index contributed by atoms with van der Waals surface area (Å²) in [6, 6.07) is 51.7. The van der Waals surface area contributed by atoms with Gasteiger partial charge in [-0.25, -0.2) is 19.2 Å². The lowest BCUT2D eigenvalue weighted by molar-refractivity contribution is -0.184. The molecule has 0 bridgehead atoms. The van der Waals surface area contributed by atoms with E-state index in [0.29, 0.717) is 52.9 Å². The molecule has 0 radical (unpaired) electrons. The zero-order valence-electron chi connectivity index (χ0n) is 44.7. The Labute approximate surface area is 504 Å². The molecule has 0 spiro atoms. The molecule has 10 aromatic rings. The minimum absolute atomic E-state index is 0.0160. The normalized spacial score (nSPS) is 15.6. The van der Waals surface area contributed by atoms with Crippen LogP contribution >= 0.6 is 45.3 Å². The van der Waals surface area contributed by atoms with E-state index in [-0.39, 0.29) is 90.5 Å². The minimum atomic E-state index is -2.78. The topological polar surface area (TPSA) is 192 Å². The second kappa shape index (κ2) is 21.6. The molecule has 2 aliphatic carbocycles. The summed E-state index contributed by atoms with van der Waals surface area (Å²) in [5, 5.41) is 0. The van der Waals surface area contributed by atoms with E-state index < -0.39 is 58.2 Å². The van der Waals surface area contributed by atoms with Crippen LogP contribution in [0.4, 0.5) is 0 Å². The average Bonchev–Trinajstić information content (AvgIpc) is 1.51. The van der Waals surface area contributed by atoms with Gasteiger partial charge < -0.3 is 28.4 Å². The van der Waals surface area contributed by atoms with Crippen LogP contribution in [-0.2, 0) is 85.3 Å². The van der Waals surface area contributed by atoms with Gasteiger partial charge in [-0.3, -0.25) is 19.2 Å². The first-order valence-electron chi connectivity index (χ1n) is 26.8. The Morgan fingerprint density at radius 1 is 0.360 bits per heavy atom. The van der Waals surface area contributed by atoms with E-state index in [2.05, 4.69) is 0 Å². The quantitative estimate of drug-likeness (QED) is 0.0328.